The van der Waals surface area contributed by atoms with Gasteiger partial charge in [0.2, 0.25) is 0 Å². The number of fused-ring (bicyclic) bond motifs is 1. The average molecular weight is 322 g/mol. The molecule has 1 aliphatic rings. The lowest BCUT2D eigenvalue weighted by Crippen LogP contribution is -2.35. The minimum Gasteiger partial charge on any atom is -0.443 e. The van der Waals surface area contributed by atoms with Crippen molar-refractivity contribution in [3.8, 4) is 11.3 Å². The summed E-state index contributed by atoms with van der Waals surface area (Å²) in [6, 6.07) is 3.93. The Hall–Kier alpha value is -2.60. The van der Waals surface area contributed by atoms with E-state index in [9.17, 15) is 4.79 Å². The van der Waals surface area contributed by atoms with E-state index in [0.717, 1.165) is 48.1 Å². The van der Waals surface area contributed by atoms with Crippen molar-refractivity contribution in [3.05, 3.63) is 42.8 Å². The molecule has 1 fully saturated rings. The van der Waals surface area contributed by atoms with Gasteiger partial charge in [0.1, 0.15) is 5.78 Å². The van der Waals surface area contributed by atoms with E-state index in [0.29, 0.717) is 12.2 Å². The van der Waals surface area contributed by atoms with Crippen molar-refractivity contribution in [1.82, 2.24) is 20.3 Å². The molecule has 6 heteroatoms. The van der Waals surface area contributed by atoms with Crippen LogP contribution in [0.5, 0.6) is 0 Å². The lowest BCUT2D eigenvalue weighted by Gasteiger charge is -2.21. The van der Waals surface area contributed by atoms with E-state index in [1.165, 1.54) is 6.39 Å². The summed E-state index contributed by atoms with van der Waals surface area (Å²) < 4.78 is 5.31. The predicted octanol–water partition coefficient (Wildman–Crippen LogP) is 2.40. The second-order valence-electron chi connectivity index (χ2n) is 6.14. The molecule has 0 amide bonds. The Morgan fingerprint density at radius 2 is 2.21 bits per heavy atom. The van der Waals surface area contributed by atoms with Gasteiger partial charge in [0, 0.05) is 41.7 Å². The molecule has 4 rings (SSSR count). The van der Waals surface area contributed by atoms with E-state index in [2.05, 4.69) is 20.3 Å². The minimum absolute atomic E-state index is 0.106. The van der Waals surface area contributed by atoms with Gasteiger partial charge in [-0.3, -0.25) is 14.8 Å². The van der Waals surface area contributed by atoms with Crippen molar-refractivity contribution >= 4 is 16.7 Å². The number of ketones is 1. The monoisotopic (exact) mass is 322 g/mol. The normalized spacial score (nSPS) is 17.9. The summed E-state index contributed by atoms with van der Waals surface area (Å²) in [5.74, 6) is 1.04. The van der Waals surface area contributed by atoms with Crippen LogP contribution in [0.4, 0.5) is 0 Å². The molecule has 24 heavy (non-hydrogen) atoms. The van der Waals surface area contributed by atoms with Gasteiger partial charge in [0.05, 0.1) is 17.9 Å². The Labute approximate surface area is 139 Å². The fraction of sp³-hybridized carbons (Fsp3) is 0.333. The highest BCUT2D eigenvalue weighted by atomic mass is 16.3. The zero-order valence-corrected chi connectivity index (χ0v) is 13.2. The number of aromatic nitrogens is 3. The summed E-state index contributed by atoms with van der Waals surface area (Å²) in [5, 5.41) is 4.23. The maximum atomic E-state index is 12.4. The topological polar surface area (TPSA) is 80.9 Å². The summed E-state index contributed by atoms with van der Waals surface area (Å²) >= 11 is 0. The molecule has 6 nitrogen and oxygen atoms in total. The molecule has 3 aromatic rings. The number of hydrogen-bond donors (Lipinski definition) is 1. The first-order chi connectivity index (χ1) is 11.8. The third kappa shape index (κ3) is 3.05. The van der Waals surface area contributed by atoms with Gasteiger partial charge in [-0.2, -0.15) is 0 Å². The van der Waals surface area contributed by atoms with Crippen LogP contribution in [0.25, 0.3) is 22.2 Å². The summed E-state index contributed by atoms with van der Waals surface area (Å²) in [6.07, 6.45) is 8.92. The highest BCUT2D eigenvalue weighted by molar-refractivity contribution is 5.86. The Morgan fingerprint density at radius 3 is 3.00 bits per heavy atom. The zero-order valence-electron chi connectivity index (χ0n) is 13.2. The van der Waals surface area contributed by atoms with E-state index < -0.39 is 0 Å². The molecule has 0 bridgehead atoms. The van der Waals surface area contributed by atoms with E-state index in [1.807, 2.05) is 12.1 Å². The molecule has 1 saturated heterocycles. The molecule has 122 valence electrons. The van der Waals surface area contributed by atoms with Gasteiger partial charge >= 0.3 is 0 Å². The van der Waals surface area contributed by atoms with E-state index >= 15 is 0 Å². The first kappa shape index (κ1) is 15.0. The highest BCUT2D eigenvalue weighted by Gasteiger charge is 2.21. The van der Waals surface area contributed by atoms with Crippen LogP contribution >= 0.6 is 0 Å². The lowest BCUT2D eigenvalue weighted by atomic mass is 9.92. The molecule has 3 aromatic heterocycles. The number of hydrogen-bond acceptors (Lipinski definition) is 6. The average Bonchev–Trinajstić information content (AvgIpc) is 3.16. The summed E-state index contributed by atoms with van der Waals surface area (Å²) in [5.41, 5.74) is 2.45. The molecule has 0 unspecified atom stereocenters. The van der Waals surface area contributed by atoms with Gasteiger partial charge in [-0.1, -0.05) is 0 Å². The number of piperidine rings is 1. The molecular weight excluding hydrogens is 304 g/mol. The number of oxazole rings is 1. The molecule has 0 aromatic carbocycles. The second kappa shape index (κ2) is 6.49. The number of carbonyl (C=O) groups is 1. The number of nitrogens with zero attached hydrogens (tertiary/aromatic N) is 3. The standard InChI is InChI=1S/C18H18N4O2/c23-17(12-2-1-3-19-7-12)6-15-5-13-4-14(18-10-20-11-24-18)8-22-16(13)9-21-15/h4-5,8-12,19H,1-3,6-7H2/t12-/m1/s1. The van der Waals surface area contributed by atoms with Crippen LogP contribution in [-0.4, -0.2) is 33.8 Å². The van der Waals surface area contributed by atoms with Gasteiger partial charge < -0.3 is 9.73 Å². The van der Waals surface area contributed by atoms with Crippen LogP contribution in [0.3, 0.4) is 0 Å². The fourth-order valence-electron chi connectivity index (χ4n) is 3.12. The van der Waals surface area contributed by atoms with Crippen LogP contribution in [0.1, 0.15) is 18.5 Å². The third-order valence-electron chi connectivity index (χ3n) is 4.45. The number of rotatable bonds is 4. The minimum atomic E-state index is 0.106. The molecule has 0 aliphatic carbocycles. The van der Waals surface area contributed by atoms with Crippen LogP contribution in [0.15, 0.2) is 41.5 Å². The molecule has 1 N–H and O–H groups in total. The smallest absolute Gasteiger partial charge is 0.181 e. The Kier molecular flexibility index (Phi) is 4.04. The van der Waals surface area contributed by atoms with Gasteiger partial charge in [-0.15, -0.1) is 0 Å². The number of nitrogens with one attached hydrogen (secondary N) is 1. The van der Waals surface area contributed by atoms with Crippen LogP contribution in [-0.2, 0) is 11.2 Å². The highest BCUT2D eigenvalue weighted by Crippen LogP contribution is 2.23. The molecule has 0 spiro atoms. The summed E-state index contributed by atoms with van der Waals surface area (Å²) in [7, 11) is 0. The van der Waals surface area contributed by atoms with E-state index in [4.69, 9.17) is 4.42 Å². The molecule has 0 saturated carbocycles. The van der Waals surface area contributed by atoms with Gasteiger partial charge in [-0.05, 0) is 31.5 Å². The molecular formula is C18H18N4O2. The van der Waals surface area contributed by atoms with Crippen molar-refractivity contribution < 1.29 is 9.21 Å². The van der Waals surface area contributed by atoms with Crippen molar-refractivity contribution in [2.75, 3.05) is 13.1 Å². The summed E-state index contributed by atoms with van der Waals surface area (Å²) in [4.78, 5) is 25.2. The quantitative estimate of drug-likeness (QED) is 0.794. The van der Waals surface area contributed by atoms with Crippen molar-refractivity contribution in [3.63, 3.8) is 0 Å². The lowest BCUT2D eigenvalue weighted by molar-refractivity contribution is -0.122. The first-order valence-electron chi connectivity index (χ1n) is 8.16. The van der Waals surface area contributed by atoms with Crippen LogP contribution < -0.4 is 5.32 Å². The first-order valence-corrected chi connectivity index (χ1v) is 8.16. The molecule has 0 radical (unpaired) electrons. The van der Waals surface area contributed by atoms with Crippen molar-refractivity contribution in [2.24, 2.45) is 5.92 Å². The number of Topliss-reactive ketones (excluding diaryl/α,β-unsaturated/α-hetero) is 1. The Bertz CT molecular complexity index is 855. The van der Waals surface area contributed by atoms with E-state index in [1.54, 1.807) is 18.6 Å². The SMILES string of the molecule is O=C(Cc1cc2cc(-c3cnco3)cnc2cn1)[C@@H]1CCCNC1. The summed E-state index contributed by atoms with van der Waals surface area (Å²) in [6.45, 7) is 1.79. The van der Waals surface area contributed by atoms with Gasteiger partial charge in [0.15, 0.2) is 12.2 Å². The maximum Gasteiger partial charge on any atom is 0.181 e. The Balaban J connectivity index is 1.58. The van der Waals surface area contributed by atoms with Crippen LogP contribution in [0.2, 0.25) is 0 Å². The second-order valence-corrected chi connectivity index (χ2v) is 6.14. The maximum absolute atomic E-state index is 12.4. The molecule has 1 aliphatic heterocycles. The molecule has 4 heterocycles. The third-order valence-corrected chi connectivity index (χ3v) is 4.45. The largest absolute Gasteiger partial charge is 0.443 e. The zero-order chi connectivity index (χ0) is 16.4. The fourth-order valence-corrected chi connectivity index (χ4v) is 3.12. The van der Waals surface area contributed by atoms with E-state index in [-0.39, 0.29) is 11.7 Å². The number of carbonyl (C=O) groups excluding carboxylic acids is 1. The number of pyridine rings is 2. The van der Waals surface area contributed by atoms with Crippen molar-refractivity contribution in [2.45, 2.75) is 19.3 Å². The molecule has 1 atom stereocenters. The Morgan fingerprint density at radius 1 is 1.25 bits per heavy atom. The van der Waals surface area contributed by atoms with Gasteiger partial charge in [0.25, 0.3) is 0 Å². The van der Waals surface area contributed by atoms with Crippen molar-refractivity contribution in [1.29, 1.82) is 0 Å². The van der Waals surface area contributed by atoms with Crippen LogP contribution in [0, 0.1) is 5.92 Å². The predicted molar refractivity (Wildman–Crippen MR) is 89.3 cm³/mol. The van der Waals surface area contributed by atoms with Gasteiger partial charge in [-0.25, -0.2) is 4.98 Å².